The van der Waals surface area contributed by atoms with E-state index in [4.69, 9.17) is 15.2 Å². The Balaban J connectivity index is 2.11. The summed E-state index contributed by atoms with van der Waals surface area (Å²) < 4.78 is 10.5. The molecule has 0 spiro atoms. The van der Waals surface area contributed by atoms with Gasteiger partial charge < -0.3 is 15.2 Å². The molecule has 0 aromatic carbocycles. The van der Waals surface area contributed by atoms with Gasteiger partial charge in [-0.25, -0.2) is 0 Å². The standard InChI is InChI=1S/C8H17NO2/c1-2-8(6-11-7-8)5-10-4-3-9/h2-7,9H2,1H3. The third-order valence-electron chi connectivity index (χ3n) is 2.24. The average molecular weight is 159 g/mol. The minimum absolute atomic E-state index is 0.315. The topological polar surface area (TPSA) is 44.5 Å². The molecule has 66 valence electrons. The van der Waals surface area contributed by atoms with E-state index >= 15 is 0 Å². The average Bonchev–Trinajstić information content (AvgIpc) is 1.95. The molecular formula is C8H17NO2. The van der Waals surface area contributed by atoms with Gasteiger partial charge in [0.1, 0.15) is 0 Å². The summed E-state index contributed by atoms with van der Waals surface area (Å²) >= 11 is 0. The van der Waals surface area contributed by atoms with E-state index in [1.807, 2.05) is 0 Å². The van der Waals surface area contributed by atoms with Crippen LogP contribution in [0.15, 0.2) is 0 Å². The van der Waals surface area contributed by atoms with E-state index in [1.54, 1.807) is 0 Å². The van der Waals surface area contributed by atoms with Crippen LogP contribution in [0.4, 0.5) is 0 Å². The maximum atomic E-state index is 5.38. The lowest BCUT2D eigenvalue weighted by Gasteiger charge is -2.40. The third-order valence-corrected chi connectivity index (χ3v) is 2.24. The summed E-state index contributed by atoms with van der Waals surface area (Å²) in [5.41, 5.74) is 5.62. The Bertz CT molecular complexity index is 107. The SMILES string of the molecule is CCC1(COCCN)COC1. The molecule has 1 saturated heterocycles. The van der Waals surface area contributed by atoms with Crippen molar-refractivity contribution in [1.82, 2.24) is 0 Å². The summed E-state index contributed by atoms with van der Waals surface area (Å²) in [5, 5.41) is 0. The van der Waals surface area contributed by atoms with Gasteiger partial charge in [0.05, 0.1) is 26.4 Å². The van der Waals surface area contributed by atoms with Crippen LogP contribution in [-0.2, 0) is 9.47 Å². The zero-order valence-electron chi connectivity index (χ0n) is 7.14. The normalized spacial score (nSPS) is 21.3. The molecule has 3 heteroatoms. The minimum Gasteiger partial charge on any atom is -0.380 e. The highest BCUT2D eigenvalue weighted by Crippen LogP contribution is 2.31. The van der Waals surface area contributed by atoms with Crippen LogP contribution in [0.3, 0.4) is 0 Å². The first-order valence-electron chi connectivity index (χ1n) is 4.18. The van der Waals surface area contributed by atoms with Crippen molar-refractivity contribution in [3.8, 4) is 0 Å². The van der Waals surface area contributed by atoms with E-state index in [0.29, 0.717) is 18.6 Å². The maximum absolute atomic E-state index is 5.38. The first-order chi connectivity index (χ1) is 5.33. The summed E-state index contributed by atoms with van der Waals surface area (Å²) in [6.07, 6.45) is 1.14. The van der Waals surface area contributed by atoms with Crippen molar-refractivity contribution in [2.75, 3.05) is 33.0 Å². The van der Waals surface area contributed by atoms with Crippen LogP contribution >= 0.6 is 0 Å². The van der Waals surface area contributed by atoms with Crippen molar-refractivity contribution in [3.05, 3.63) is 0 Å². The Labute approximate surface area is 67.9 Å². The lowest BCUT2D eigenvalue weighted by atomic mass is 9.84. The second-order valence-corrected chi connectivity index (χ2v) is 3.19. The minimum atomic E-state index is 0.315. The lowest BCUT2D eigenvalue weighted by Crippen LogP contribution is -2.46. The Kier molecular flexibility index (Phi) is 3.30. The van der Waals surface area contributed by atoms with Crippen molar-refractivity contribution in [2.24, 2.45) is 11.1 Å². The van der Waals surface area contributed by atoms with Crippen LogP contribution in [0, 0.1) is 5.41 Å². The highest BCUT2D eigenvalue weighted by atomic mass is 16.5. The van der Waals surface area contributed by atoms with Crippen molar-refractivity contribution >= 4 is 0 Å². The van der Waals surface area contributed by atoms with Gasteiger partial charge in [0.15, 0.2) is 0 Å². The summed E-state index contributed by atoms with van der Waals surface area (Å²) in [5.74, 6) is 0. The number of nitrogens with two attached hydrogens (primary N) is 1. The highest BCUT2D eigenvalue weighted by molar-refractivity contribution is 4.83. The van der Waals surface area contributed by atoms with Crippen LogP contribution < -0.4 is 5.73 Å². The first kappa shape index (κ1) is 8.97. The van der Waals surface area contributed by atoms with E-state index in [9.17, 15) is 0 Å². The highest BCUT2D eigenvalue weighted by Gasteiger charge is 2.36. The van der Waals surface area contributed by atoms with Gasteiger partial charge in [-0.3, -0.25) is 0 Å². The summed E-state index contributed by atoms with van der Waals surface area (Å²) in [6, 6.07) is 0. The van der Waals surface area contributed by atoms with E-state index < -0.39 is 0 Å². The molecule has 0 aromatic heterocycles. The van der Waals surface area contributed by atoms with Gasteiger partial charge in [0, 0.05) is 12.0 Å². The molecule has 0 radical (unpaired) electrons. The molecule has 1 rings (SSSR count). The van der Waals surface area contributed by atoms with Gasteiger partial charge in [0.25, 0.3) is 0 Å². The zero-order valence-corrected chi connectivity index (χ0v) is 7.14. The molecule has 0 bridgehead atoms. The van der Waals surface area contributed by atoms with Crippen molar-refractivity contribution in [1.29, 1.82) is 0 Å². The fourth-order valence-corrected chi connectivity index (χ4v) is 1.15. The molecule has 11 heavy (non-hydrogen) atoms. The van der Waals surface area contributed by atoms with Gasteiger partial charge in [-0.05, 0) is 6.42 Å². The largest absolute Gasteiger partial charge is 0.380 e. The van der Waals surface area contributed by atoms with Gasteiger partial charge in [-0.2, -0.15) is 0 Å². The third kappa shape index (κ3) is 2.15. The predicted octanol–water partition coefficient (Wildman–Crippen LogP) is 0.388. The smallest absolute Gasteiger partial charge is 0.0589 e. The Morgan fingerprint density at radius 1 is 1.55 bits per heavy atom. The van der Waals surface area contributed by atoms with Crippen molar-refractivity contribution in [2.45, 2.75) is 13.3 Å². The van der Waals surface area contributed by atoms with Crippen molar-refractivity contribution < 1.29 is 9.47 Å². The number of hydrogen-bond acceptors (Lipinski definition) is 3. The Morgan fingerprint density at radius 3 is 2.64 bits per heavy atom. The second kappa shape index (κ2) is 4.04. The summed E-state index contributed by atoms with van der Waals surface area (Å²) in [7, 11) is 0. The molecule has 0 amide bonds. The molecule has 2 N–H and O–H groups in total. The predicted molar refractivity (Wildman–Crippen MR) is 43.4 cm³/mol. The van der Waals surface area contributed by atoms with E-state index in [2.05, 4.69) is 6.92 Å². The van der Waals surface area contributed by atoms with E-state index in [-0.39, 0.29) is 0 Å². The Hall–Kier alpha value is -0.120. The molecule has 1 aliphatic rings. The molecule has 3 nitrogen and oxygen atoms in total. The van der Waals surface area contributed by atoms with Crippen LogP contribution in [-0.4, -0.2) is 33.0 Å². The quantitative estimate of drug-likeness (QED) is 0.590. The second-order valence-electron chi connectivity index (χ2n) is 3.19. The fraction of sp³-hybridized carbons (Fsp3) is 1.00. The molecule has 0 aromatic rings. The maximum Gasteiger partial charge on any atom is 0.0589 e. The van der Waals surface area contributed by atoms with Crippen molar-refractivity contribution in [3.63, 3.8) is 0 Å². The summed E-state index contributed by atoms with van der Waals surface area (Å²) in [6.45, 7) is 5.97. The van der Waals surface area contributed by atoms with Crippen LogP contribution in [0.25, 0.3) is 0 Å². The molecule has 1 aliphatic heterocycles. The molecule has 1 heterocycles. The lowest BCUT2D eigenvalue weighted by molar-refractivity contribution is -0.149. The zero-order chi connectivity index (χ0) is 8.16. The van der Waals surface area contributed by atoms with Gasteiger partial charge in [-0.1, -0.05) is 6.92 Å². The number of hydrogen-bond donors (Lipinski definition) is 1. The molecule has 0 aliphatic carbocycles. The van der Waals surface area contributed by atoms with Crippen LogP contribution in [0.5, 0.6) is 0 Å². The number of ether oxygens (including phenoxy) is 2. The van der Waals surface area contributed by atoms with Gasteiger partial charge >= 0.3 is 0 Å². The van der Waals surface area contributed by atoms with E-state index in [1.165, 1.54) is 0 Å². The summed E-state index contributed by atoms with van der Waals surface area (Å²) in [4.78, 5) is 0. The van der Waals surface area contributed by atoms with E-state index in [0.717, 1.165) is 26.2 Å². The molecule has 1 fully saturated rings. The monoisotopic (exact) mass is 159 g/mol. The molecule has 0 atom stereocenters. The van der Waals surface area contributed by atoms with Gasteiger partial charge in [-0.15, -0.1) is 0 Å². The first-order valence-corrected chi connectivity index (χ1v) is 4.18. The Morgan fingerprint density at radius 2 is 2.27 bits per heavy atom. The van der Waals surface area contributed by atoms with Crippen LogP contribution in [0.1, 0.15) is 13.3 Å². The van der Waals surface area contributed by atoms with Crippen LogP contribution in [0.2, 0.25) is 0 Å². The fourth-order valence-electron chi connectivity index (χ4n) is 1.15. The molecule has 0 unspecified atom stereocenters. The molecule has 0 saturated carbocycles. The molecular weight excluding hydrogens is 142 g/mol. The van der Waals surface area contributed by atoms with Gasteiger partial charge in [0.2, 0.25) is 0 Å². The number of rotatable bonds is 5.